The third kappa shape index (κ3) is 4.49. The van der Waals surface area contributed by atoms with Crippen molar-refractivity contribution in [2.24, 2.45) is 0 Å². The molecule has 7 nitrogen and oxygen atoms in total. The Hall–Kier alpha value is -3.61. The molecule has 7 heteroatoms. The summed E-state index contributed by atoms with van der Waals surface area (Å²) in [5, 5.41) is 7.40. The minimum Gasteiger partial charge on any atom is -0.486 e. The highest BCUT2D eigenvalue weighted by Gasteiger charge is 2.37. The van der Waals surface area contributed by atoms with Gasteiger partial charge in [0, 0.05) is 18.0 Å². The first-order valence-corrected chi connectivity index (χ1v) is 11.4. The van der Waals surface area contributed by atoms with Crippen LogP contribution in [0, 0.1) is 0 Å². The number of rotatable bonds is 6. The Kier molecular flexibility index (Phi) is 5.86. The molecule has 5 rings (SSSR count). The highest BCUT2D eigenvalue weighted by atomic mass is 16.6. The summed E-state index contributed by atoms with van der Waals surface area (Å²) in [4.78, 5) is 25.3. The number of carbonyl (C=O) groups excluding carboxylic acids is 1. The predicted octanol–water partition coefficient (Wildman–Crippen LogP) is 3.30. The Balaban J connectivity index is 1.33. The van der Waals surface area contributed by atoms with Crippen LogP contribution < -0.4 is 20.3 Å². The molecule has 0 saturated heterocycles. The average molecular weight is 446 g/mol. The summed E-state index contributed by atoms with van der Waals surface area (Å²) in [6.45, 7) is 1.93. The van der Waals surface area contributed by atoms with E-state index in [9.17, 15) is 9.59 Å². The maximum Gasteiger partial charge on any atom is 0.271 e. The molecule has 0 unspecified atom stereocenters. The number of nitrogens with one attached hydrogen (secondary N) is 1. The summed E-state index contributed by atoms with van der Waals surface area (Å²) in [6, 6.07) is 18.6. The zero-order valence-electron chi connectivity index (χ0n) is 18.5. The van der Waals surface area contributed by atoms with Gasteiger partial charge < -0.3 is 14.8 Å². The molecule has 0 atom stereocenters. The molecule has 1 saturated carbocycles. The van der Waals surface area contributed by atoms with Crippen molar-refractivity contribution in [2.75, 3.05) is 19.8 Å². The maximum absolute atomic E-state index is 13.0. The molecule has 0 spiro atoms. The van der Waals surface area contributed by atoms with Gasteiger partial charge in [-0.25, -0.2) is 4.68 Å². The van der Waals surface area contributed by atoms with Gasteiger partial charge in [-0.2, -0.15) is 5.10 Å². The second kappa shape index (κ2) is 9.10. The van der Waals surface area contributed by atoms with Crippen LogP contribution in [0.4, 0.5) is 0 Å². The van der Waals surface area contributed by atoms with Crippen molar-refractivity contribution in [3.05, 3.63) is 87.8 Å². The van der Waals surface area contributed by atoms with Crippen molar-refractivity contribution in [3.8, 4) is 11.5 Å². The zero-order valence-corrected chi connectivity index (χ0v) is 18.5. The Bertz CT molecular complexity index is 1200. The molecule has 2 aromatic carbocycles. The summed E-state index contributed by atoms with van der Waals surface area (Å²) >= 11 is 0. The number of aromatic nitrogens is 2. The summed E-state index contributed by atoms with van der Waals surface area (Å²) in [5.74, 6) is 1.26. The van der Waals surface area contributed by atoms with Gasteiger partial charge in [-0.3, -0.25) is 9.59 Å². The fourth-order valence-corrected chi connectivity index (χ4v) is 4.77. The summed E-state index contributed by atoms with van der Waals surface area (Å²) in [7, 11) is 0. The molecule has 170 valence electrons. The van der Waals surface area contributed by atoms with Crippen molar-refractivity contribution in [1.82, 2.24) is 15.1 Å². The van der Waals surface area contributed by atoms with Crippen molar-refractivity contribution in [3.63, 3.8) is 0 Å². The Morgan fingerprint density at radius 3 is 2.52 bits per heavy atom. The fraction of sp³-hybridized carbons (Fsp3) is 0.346. The molecule has 0 radical (unpaired) electrons. The number of nitrogens with zero attached hydrogens (tertiary/aromatic N) is 2. The molecule has 2 aliphatic rings. The number of amides is 1. The molecule has 1 aromatic heterocycles. The number of benzene rings is 2. The second-order valence-electron chi connectivity index (χ2n) is 8.73. The normalized spacial score (nSPS) is 16.4. The number of hydrogen-bond donors (Lipinski definition) is 1. The van der Waals surface area contributed by atoms with Crippen LogP contribution >= 0.6 is 0 Å². The Labute approximate surface area is 192 Å². The lowest BCUT2D eigenvalue weighted by atomic mass is 9.78. The molecule has 2 heterocycles. The van der Waals surface area contributed by atoms with Crippen molar-refractivity contribution >= 4 is 5.91 Å². The molecule has 0 bridgehead atoms. The third-order valence-electron chi connectivity index (χ3n) is 6.58. The smallest absolute Gasteiger partial charge is 0.271 e. The van der Waals surface area contributed by atoms with Gasteiger partial charge in [-0.1, -0.05) is 49.2 Å². The molecular formula is C26H27N3O4. The number of carbonyl (C=O) groups is 1. The van der Waals surface area contributed by atoms with Crippen LogP contribution in [0.15, 0.2) is 65.5 Å². The van der Waals surface area contributed by atoms with Gasteiger partial charge in [0.1, 0.15) is 18.9 Å². The van der Waals surface area contributed by atoms with E-state index in [-0.39, 0.29) is 22.6 Å². The first kappa shape index (κ1) is 21.2. The molecule has 1 aliphatic heterocycles. The number of hydrogen-bond acceptors (Lipinski definition) is 5. The summed E-state index contributed by atoms with van der Waals surface area (Å²) in [6.07, 6.45) is 4.22. The second-order valence-corrected chi connectivity index (χ2v) is 8.73. The Morgan fingerprint density at radius 1 is 0.970 bits per heavy atom. The van der Waals surface area contributed by atoms with E-state index in [1.165, 1.54) is 16.8 Å². The van der Waals surface area contributed by atoms with Gasteiger partial charge in [0.15, 0.2) is 11.5 Å². The maximum atomic E-state index is 13.0. The van der Waals surface area contributed by atoms with Crippen LogP contribution in [-0.4, -0.2) is 35.4 Å². The van der Waals surface area contributed by atoms with Crippen LogP contribution in [0.2, 0.25) is 0 Å². The number of fused-ring (bicyclic) bond motifs is 1. The quantitative estimate of drug-likeness (QED) is 0.630. The van der Waals surface area contributed by atoms with E-state index in [0.29, 0.717) is 26.3 Å². The summed E-state index contributed by atoms with van der Waals surface area (Å²) in [5.41, 5.74) is 1.96. The monoisotopic (exact) mass is 445 g/mol. The topological polar surface area (TPSA) is 82.5 Å². The van der Waals surface area contributed by atoms with Crippen molar-refractivity contribution in [1.29, 1.82) is 0 Å². The largest absolute Gasteiger partial charge is 0.486 e. The van der Waals surface area contributed by atoms with Crippen LogP contribution in [0.5, 0.6) is 11.5 Å². The minimum absolute atomic E-state index is 0.149. The average Bonchev–Trinajstić information content (AvgIpc) is 3.34. The SMILES string of the molecule is O=C(NCC1(c2ccc3c(c2)OCCO3)CCCC1)c1ccc(=O)n(Cc2ccccc2)n1. The lowest BCUT2D eigenvalue weighted by Gasteiger charge is -2.31. The molecule has 33 heavy (non-hydrogen) atoms. The third-order valence-corrected chi connectivity index (χ3v) is 6.58. The molecule has 1 N–H and O–H groups in total. The Morgan fingerprint density at radius 2 is 1.73 bits per heavy atom. The van der Waals surface area contributed by atoms with E-state index < -0.39 is 0 Å². The molecule has 1 fully saturated rings. The molecule has 1 aliphatic carbocycles. The van der Waals surface area contributed by atoms with E-state index in [4.69, 9.17) is 9.47 Å². The van der Waals surface area contributed by atoms with E-state index in [2.05, 4.69) is 22.5 Å². The standard InChI is InChI=1S/C26H27N3O4/c30-24-11-9-21(28-29(24)17-19-6-2-1-3-7-19)25(31)27-18-26(12-4-5-13-26)20-8-10-22-23(16-20)33-15-14-32-22/h1-3,6-11,16H,4-5,12-15,17-18H2,(H,27,31). The van der Waals surface area contributed by atoms with E-state index in [1.807, 2.05) is 36.4 Å². The molecule has 3 aromatic rings. The van der Waals surface area contributed by atoms with Crippen LogP contribution in [0.3, 0.4) is 0 Å². The lowest BCUT2D eigenvalue weighted by Crippen LogP contribution is -2.40. The van der Waals surface area contributed by atoms with Crippen molar-refractivity contribution in [2.45, 2.75) is 37.6 Å². The first-order valence-electron chi connectivity index (χ1n) is 11.4. The predicted molar refractivity (Wildman–Crippen MR) is 124 cm³/mol. The van der Waals surface area contributed by atoms with E-state index >= 15 is 0 Å². The van der Waals surface area contributed by atoms with Gasteiger partial charge in [-0.05, 0) is 42.2 Å². The van der Waals surface area contributed by atoms with Gasteiger partial charge in [0.25, 0.3) is 11.5 Å². The van der Waals surface area contributed by atoms with E-state index in [0.717, 1.165) is 48.3 Å². The lowest BCUT2D eigenvalue weighted by molar-refractivity contribution is 0.0935. The first-order chi connectivity index (χ1) is 16.1. The molecular weight excluding hydrogens is 418 g/mol. The summed E-state index contributed by atoms with van der Waals surface area (Å²) < 4.78 is 12.8. The minimum atomic E-state index is -0.277. The van der Waals surface area contributed by atoms with Gasteiger partial charge in [-0.15, -0.1) is 0 Å². The van der Waals surface area contributed by atoms with Gasteiger partial charge in [0.05, 0.1) is 6.54 Å². The van der Waals surface area contributed by atoms with E-state index in [1.54, 1.807) is 0 Å². The van der Waals surface area contributed by atoms with Gasteiger partial charge >= 0.3 is 0 Å². The fourth-order valence-electron chi connectivity index (χ4n) is 4.77. The number of ether oxygens (including phenoxy) is 2. The van der Waals surface area contributed by atoms with Crippen LogP contribution in [0.1, 0.15) is 47.3 Å². The molecule has 1 amide bonds. The van der Waals surface area contributed by atoms with Crippen LogP contribution in [0.25, 0.3) is 0 Å². The zero-order chi connectivity index (χ0) is 22.7. The van der Waals surface area contributed by atoms with Crippen molar-refractivity contribution < 1.29 is 14.3 Å². The van der Waals surface area contributed by atoms with Crippen LogP contribution in [-0.2, 0) is 12.0 Å². The highest BCUT2D eigenvalue weighted by Crippen LogP contribution is 2.43. The van der Waals surface area contributed by atoms with Gasteiger partial charge in [0.2, 0.25) is 0 Å². The highest BCUT2D eigenvalue weighted by molar-refractivity contribution is 5.92.